The van der Waals surface area contributed by atoms with Gasteiger partial charge in [0.2, 0.25) is 0 Å². The monoisotopic (exact) mass is 265 g/mol. The first kappa shape index (κ1) is 13.0. The number of benzene rings is 1. The van der Waals surface area contributed by atoms with Gasteiger partial charge in [-0.15, -0.1) is 0 Å². The standard InChI is InChI=1S/C14H13ClFNO/c1-9-4-5-10(11(15)7-9)8-13(18)14-12(16)3-2-6-17-14/h2-7,13,18H,8H2,1H3. The van der Waals surface area contributed by atoms with Gasteiger partial charge in [0.15, 0.2) is 0 Å². The van der Waals surface area contributed by atoms with Crippen LogP contribution in [-0.4, -0.2) is 10.1 Å². The maximum atomic E-state index is 13.5. The van der Waals surface area contributed by atoms with Crippen molar-refractivity contribution in [2.75, 3.05) is 0 Å². The Labute approximate surface area is 110 Å². The maximum absolute atomic E-state index is 13.5. The summed E-state index contributed by atoms with van der Waals surface area (Å²) in [5.74, 6) is -0.506. The topological polar surface area (TPSA) is 33.1 Å². The largest absolute Gasteiger partial charge is 0.386 e. The van der Waals surface area contributed by atoms with E-state index < -0.39 is 11.9 Å². The molecule has 4 heteroatoms. The highest BCUT2D eigenvalue weighted by molar-refractivity contribution is 6.31. The van der Waals surface area contributed by atoms with Crippen LogP contribution in [0.3, 0.4) is 0 Å². The third-order valence-corrected chi connectivity index (χ3v) is 3.08. The molecule has 0 radical (unpaired) electrons. The van der Waals surface area contributed by atoms with Gasteiger partial charge in [-0.3, -0.25) is 4.98 Å². The molecule has 1 aromatic heterocycles. The molecule has 0 spiro atoms. The fraction of sp³-hybridized carbons (Fsp3) is 0.214. The molecule has 18 heavy (non-hydrogen) atoms. The molecule has 0 amide bonds. The average Bonchev–Trinajstić information content (AvgIpc) is 2.33. The van der Waals surface area contributed by atoms with Crippen molar-refractivity contribution in [1.82, 2.24) is 4.98 Å². The fourth-order valence-corrected chi connectivity index (χ4v) is 2.08. The van der Waals surface area contributed by atoms with E-state index in [1.54, 1.807) is 0 Å². The molecule has 1 unspecified atom stereocenters. The Hall–Kier alpha value is -1.45. The van der Waals surface area contributed by atoms with Crippen molar-refractivity contribution in [2.45, 2.75) is 19.4 Å². The first-order valence-electron chi connectivity index (χ1n) is 5.61. The number of aromatic nitrogens is 1. The van der Waals surface area contributed by atoms with Crippen molar-refractivity contribution in [2.24, 2.45) is 0 Å². The van der Waals surface area contributed by atoms with Crippen LogP contribution < -0.4 is 0 Å². The molecule has 2 nitrogen and oxygen atoms in total. The van der Waals surface area contributed by atoms with Gasteiger partial charge in [-0.25, -0.2) is 4.39 Å². The molecule has 0 bridgehead atoms. The second kappa shape index (κ2) is 5.46. The van der Waals surface area contributed by atoms with Gasteiger partial charge in [-0.2, -0.15) is 0 Å². The maximum Gasteiger partial charge on any atom is 0.147 e. The molecule has 2 aromatic rings. The summed E-state index contributed by atoms with van der Waals surface area (Å²) < 4.78 is 13.5. The van der Waals surface area contributed by atoms with Crippen molar-refractivity contribution in [3.63, 3.8) is 0 Å². The number of hydrogen-bond donors (Lipinski definition) is 1. The highest BCUT2D eigenvalue weighted by Gasteiger charge is 2.15. The molecule has 0 saturated heterocycles. The van der Waals surface area contributed by atoms with Gasteiger partial charge < -0.3 is 5.11 Å². The van der Waals surface area contributed by atoms with E-state index in [2.05, 4.69) is 4.98 Å². The van der Waals surface area contributed by atoms with E-state index in [-0.39, 0.29) is 12.1 Å². The Morgan fingerprint density at radius 2 is 2.17 bits per heavy atom. The quantitative estimate of drug-likeness (QED) is 0.922. The van der Waals surface area contributed by atoms with Crippen molar-refractivity contribution >= 4 is 11.6 Å². The summed E-state index contributed by atoms with van der Waals surface area (Å²) >= 11 is 6.08. The van der Waals surface area contributed by atoms with Gasteiger partial charge >= 0.3 is 0 Å². The van der Waals surface area contributed by atoms with Gasteiger partial charge in [-0.05, 0) is 36.2 Å². The zero-order valence-corrected chi connectivity index (χ0v) is 10.7. The second-order valence-corrected chi connectivity index (χ2v) is 4.59. The Bertz CT molecular complexity index is 559. The normalized spacial score (nSPS) is 12.4. The highest BCUT2D eigenvalue weighted by atomic mass is 35.5. The minimum absolute atomic E-state index is 0.0501. The minimum Gasteiger partial charge on any atom is -0.386 e. The van der Waals surface area contributed by atoms with E-state index >= 15 is 0 Å². The van der Waals surface area contributed by atoms with Crippen molar-refractivity contribution in [3.05, 3.63) is 64.2 Å². The number of hydrogen-bond acceptors (Lipinski definition) is 2. The molecule has 0 aliphatic carbocycles. The van der Waals surface area contributed by atoms with E-state index in [4.69, 9.17) is 11.6 Å². The summed E-state index contributed by atoms with van der Waals surface area (Å²) in [4.78, 5) is 3.85. The predicted octanol–water partition coefficient (Wildman–Crippen LogP) is 3.46. The molecule has 94 valence electrons. The number of aryl methyl sites for hydroxylation is 1. The van der Waals surface area contributed by atoms with Gasteiger partial charge in [0.1, 0.15) is 17.6 Å². The van der Waals surface area contributed by atoms with Crippen LogP contribution >= 0.6 is 11.6 Å². The van der Waals surface area contributed by atoms with E-state index in [0.29, 0.717) is 5.02 Å². The summed E-state index contributed by atoms with van der Waals surface area (Å²) in [6.07, 6.45) is 0.706. The molecular weight excluding hydrogens is 253 g/mol. The summed E-state index contributed by atoms with van der Waals surface area (Å²) in [6.45, 7) is 1.94. The van der Waals surface area contributed by atoms with E-state index in [0.717, 1.165) is 11.1 Å². The van der Waals surface area contributed by atoms with Crippen LogP contribution in [0.25, 0.3) is 0 Å². The second-order valence-electron chi connectivity index (χ2n) is 4.19. The Balaban J connectivity index is 2.21. The fourth-order valence-electron chi connectivity index (χ4n) is 1.77. The predicted molar refractivity (Wildman–Crippen MR) is 69.0 cm³/mol. The molecule has 1 heterocycles. The first-order valence-corrected chi connectivity index (χ1v) is 5.99. The lowest BCUT2D eigenvalue weighted by atomic mass is 10.0. The number of pyridine rings is 1. The van der Waals surface area contributed by atoms with Crippen molar-refractivity contribution < 1.29 is 9.50 Å². The van der Waals surface area contributed by atoms with Crippen LogP contribution in [0.2, 0.25) is 5.02 Å². The lowest BCUT2D eigenvalue weighted by Crippen LogP contribution is -2.07. The van der Waals surface area contributed by atoms with E-state index in [1.807, 2.05) is 25.1 Å². The zero-order valence-electron chi connectivity index (χ0n) is 9.90. The summed E-state index contributed by atoms with van der Waals surface area (Å²) in [5.41, 5.74) is 1.87. The van der Waals surface area contributed by atoms with Crippen LogP contribution in [0.1, 0.15) is 22.9 Å². The summed E-state index contributed by atoms with van der Waals surface area (Å²) in [7, 11) is 0. The number of aliphatic hydroxyl groups is 1. The smallest absolute Gasteiger partial charge is 0.147 e. The lowest BCUT2D eigenvalue weighted by Gasteiger charge is -2.12. The molecular formula is C14H13ClFNO. The average molecular weight is 266 g/mol. The van der Waals surface area contributed by atoms with Gasteiger partial charge in [-0.1, -0.05) is 23.7 Å². The SMILES string of the molecule is Cc1ccc(CC(O)c2ncccc2F)c(Cl)c1. The van der Waals surface area contributed by atoms with Gasteiger partial charge in [0.05, 0.1) is 0 Å². The highest BCUT2D eigenvalue weighted by Crippen LogP contribution is 2.24. The molecule has 0 aliphatic rings. The Morgan fingerprint density at radius 3 is 2.83 bits per heavy atom. The van der Waals surface area contributed by atoms with E-state index in [9.17, 15) is 9.50 Å². The number of rotatable bonds is 3. The Morgan fingerprint density at radius 1 is 1.39 bits per heavy atom. The first-order chi connectivity index (χ1) is 8.58. The van der Waals surface area contributed by atoms with Crippen LogP contribution in [0.5, 0.6) is 0 Å². The van der Waals surface area contributed by atoms with Crippen molar-refractivity contribution in [1.29, 1.82) is 0 Å². The molecule has 1 aromatic carbocycles. The minimum atomic E-state index is -0.994. The van der Waals surface area contributed by atoms with Crippen LogP contribution in [0.4, 0.5) is 4.39 Å². The molecule has 2 rings (SSSR count). The molecule has 0 saturated carbocycles. The molecule has 0 fully saturated rings. The van der Waals surface area contributed by atoms with Crippen LogP contribution in [0, 0.1) is 12.7 Å². The van der Waals surface area contributed by atoms with Crippen LogP contribution in [0.15, 0.2) is 36.5 Å². The van der Waals surface area contributed by atoms with Gasteiger partial charge in [0, 0.05) is 17.6 Å². The third-order valence-electron chi connectivity index (χ3n) is 2.72. The third kappa shape index (κ3) is 2.86. The number of halogens is 2. The summed E-state index contributed by atoms with van der Waals surface area (Å²) in [6, 6.07) is 8.33. The zero-order chi connectivity index (χ0) is 13.1. The molecule has 0 aliphatic heterocycles. The van der Waals surface area contributed by atoms with Gasteiger partial charge in [0.25, 0.3) is 0 Å². The van der Waals surface area contributed by atoms with Crippen LogP contribution in [-0.2, 0) is 6.42 Å². The number of aliphatic hydroxyl groups excluding tert-OH is 1. The Kier molecular flexibility index (Phi) is 3.94. The summed E-state index contributed by atoms with van der Waals surface area (Å²) in [5, 5.41) is 10.6. The van der Waals surface area contributed by atoms with E-state index in [1.165, 1.54) is 18.3 Å². The molecule has 1 N–H and O–H groups in total. The van der Waals surface area contributed by atoms with Crippen molar-refractivity contribution in [3.8, 4) is 0 Å². The lowest BCUT2D eigenvalue weighted by molar-refractivity contribution is 0.168. The molecule has 1 atom stereocenters. The number of nitrogens with zero attached hydrogens (tertiary/aromatic N) is 1.